The van der Waals surface area contributed by atoms with Gasteiger partial charge < -0.3 is 9.84 Å². The molecule has 1 N–H and O–H groups in total. The van der Waals surface area contributed by atoms with E-state index in [1.165, 1.54) is 0 Å². The highest BCUT2D eigenvalue weighted by Crippen LogP contribution is 2.41. The van der Waals surface area contributed by atoms with Gasteiger partial charge in [0.1, 0.15) is 0 Å². The Kier molecular flexibility index (Phi) is 4.49. The standard InChI is InChI=1S/C9H4Cl4O4/c1-17-9(16)3-2(8(14)15)4(10)6(12)7(13)5(3)11/h1H3,(H,14,15). The van der Waals surface area contributed by atoms with Gasteiger partial charge in [-0.05, 0) is 0 Å². The molecule has 0 saturated carbocycles. The predicted octanol–water partition coefficient (Wildman–Crippen LogP) is 3.79. The molecule has 0 atom stereocenters. The quantitative estimate of drug-likeness (QED) is 0.512. The van der Waals surface area contributed by atoms with Crippen LogP contribution in [0.2, 0.25) is 20.1 Å². The number of aromatic carboxylic acids is 1. The molecule has 92 valence electrons. The highest BCUT2D eigenvalue weighted by Gasteiger charge is 2.29. The fraction of sp³-hybridized carbons (Fsp3) is 0.111. The van der Waals surface area contributed by atoms with E-state index in [1.807, 2.05) is 0 Å². The van der Waals surface area contributed by atoms with Gasteiger partial charge in [-0.2, -0.15) is 0 Å². The minimum absolute atomic E-state index is 0.205. The van der Waals surface area contributed by atoms with Gasteiger partial charge in [-0.3, -0.25) is 0 Å². The highest BCUT2D eigenvalue weighted by molar-refractivity contribution is 6.54. The number of carboxylic acids is 1. The first kappa shape index (κ1) is 14.4. The van der Waals surface area contributed by atoms with Gasteiger partial charge >= 0.3 is 11.9 Å². The summed E-state index contributed by atoms with van der Waals surface area (Å²) in [6, 6.07) is 0. The van der Waals surface area contributed by atoms with Crippen molar-refractivity contribution in [2.45, 2.75) is 0 Å². The third-order valence-electron chi connectivity index (χ3n) is 1.87. The number of ether oxygens (including phenoxy) is 1. The summed E-state index contributed by atoms with van der Waals surface area (Å²) in [5.74, 6) is -2.43. The van der Waals surface area contributed by atoms with Crippen LogP contribution in [0.3, 0.4) is 0 Å². The van der Waals surface area contributed by atoms with Gasteiger partial charge in [-0.15, -0.1) is 0 Å². The molecule has 0 bridgehead atoms. The van der Waals surface area contributed by atoms with Crippen LogP contribution in [0.1, 0.15) is 20.7 Å². The van der Waals surface area contributed by atoms with Gasteiger partial charge in [0.05, 0.1) is 38.3 Å². The largest absolute Gasteiger partial charge is 0.478 e. The maximum atomic E-state index is 11.4. The van der Waals surface area contributed by atoms with Crippen LogP contribution in [0.25, 0.3) is 0 Å². The minimum atomic E-state index is -1.46. The number of benzene rings is 1. The number of esters is 1. The molecule has 1 aromatic rings. The van der Waals surface area contributed by atoms with E-state index in [-0.39, 0.29) is 20.1 Å². The Labute approximate surface area is 116 Å². The Bertz CT molecular complexity index is 512. The van der Waals surface area contributed by atoms with E-state index >= 15 is 0 Å². The molecule has 0 saturated heterocycles. The summed E-state index contributed by atoms with van der Waals surface area (Å²) in [7, 11) is 1.07. The summed E-state index contributed by atoms with van der Waals surface area (Å²) in [6.07, 6.45) is 0. The average molecular weight is 318 g/mol. The molecule has 8 heteroatoms. The number of hydrogen-bond acceptors (Lipinski definition) is 3. The number of rotatable bonds is 2. The number of halogens is 4. The van der Waals surface area contributed by atoms with E-state index in [1.54, 1.807) is 0 Å². The van der Waals surface area contributed by atoms with Gasteiger partial charge in [0, 0.05) is 0 Å². The van der Waals surface area contributed by atoms with Crippen molar-refractivity contribution in [2.24, 2.45) is 0 Å². The van der Waals surface area contributed by atoms with Crippen molar-refractivity contribution >= 4 is 58.3 Å². The van der Waals surface area contributed by atoms with Crippen molar-refractivity contribution in [1.29, 1.82) is 0 Å². The van der Waals surface area contributed by atoms with E-state index in [0.29, 0.717) is 0 Å². The van der Waals surface area contributed by atoms with E-state index in [9.17, 15) is 9.59 Å². The van der Waals surface area contributed by atoms with Gasteiger partial charge in [0.2, 0.25) is 0 Å². The number of carbonyl (C=O) groups excluding carboxylic acids is 1. The molecule has 0 aliphatic heterocycles. The minimum Gasteiger partial charge on any atom is -0.478 e. The fourth-order valence-electron chi connectivity index (χ4n) is 1.13. The van der Waals surface area contributed by atoms with Crippen molar-refractivity contribution < 1.29 is 19.4 Å². The summed E-state index contributed by atoms with van der Waals surface area (Å²) in [4.78, 5) is 22.5. The predicted molar refractivity (Wildman–Crippen MR) is 64.8 cm³/mol. The van der Waals surface area contributed by atoms with Crippen LogP contribution < -0.4 is 0 Å². The summed E-state index contributed by atoms with van der Waals surface area (Å²) < 4.78 is 4.41. The molecule has 0 aliphatic carbocycles. The molecule has 0 aliphatic rings. The van der Waals surface area contributed by atoms with E-state index in [4.69, 9.17) is 51.5 Å². The van der Waals surface area contributed by atoms with Crippen LogP contribution in [-0.4, -0.2) is 24.2 Å². The first-order valence-electron chi connectivity index (χ1n) is 4.00. The van der Waals surface area contributed by atoms with Crippen LogP contribution in [0, 0.1) is 0 Å². The lowest BCUT2D eigenvalue weighted by Gasteiger charge is -2.11. The Hall–Kier alpha value is -0.680. The number of hydrogen-bond donors (Lipinski definition) is 1. The normalized spacial score (nSPS) is 10.2. The van der Waals surface area contributed by atoms with Crippen LogP contribution >= 0.6 is 46.4 Å². The summed E-state index contributed by atoms with van der Waals surface area (Å²) in [6.45, 7) is 0. The van der Waals surface area contributed by atoms with Gasteiger partial charge in [0.15, 0.2) is 0 Å². The monoisotopic (exact) mass is 316 g/mol. The Morgan fingerprint density at radius 3 is 1.71 bits per heavy atom. The van der Waals surface area contributed by atoms with E-state index in [0.717, 1.165) is 7.11 Å². The van der Waals surface area contributed by atoms with Crippen LogP contribution in [-0.2, 0) is 4.74 Å². The molecule has 4 nitrogen and oxygen atoms in total. The molecule has 1 rings (SSSR count). The molecule has 0 amide bonds. The number of carboxylic acid groups (broad SMARTS) is 1. The van der Waals surface area contributed by atoms with Gasteiger partial charge in [-0.25, -0.2) is 9.59 Å². The molecule has 17 heavy (non-hydrogen) atoms. The SMILES string of the molecule is COC(=O)c1c(Cl)c(Cl)c(Cl)c(Cl)c1C(=O)O. The Morgan fingerprint density at radius 1 is 0.941 bits per heavy atom. The van der Waals surface area contributed by atoms with E-state index in [2.05, 4.69) is 4.74 Å². The molecule has 0 radical (unpaired) electrons. The Balaban J connectivity index is 3.78. The van der Waals surface area contributed by atoms with Gasteiger partial charge in [0.25, 0.3) is 0 Å². The molecule has 1 aromatic carbocycles. The van der Waals surface area contributed by atoms with Crippen molar-refractivity contribution in [3.63, 3.8) is 0 Å². The number of carbonyl (C=O) groups is 2. The van der Waals surface area contributed by atoms with Crippen LogP contribution in [0.5, 0.6) is 0 Å². The first-order chi connectivity index (χ1) is 7.82. The van der Waals surface area contributed by atoms with Crippen LogP contribution in [0.4, 0.5) is 0 Å². The first-order valence-corrected chi connectivity index (χ1v) is 5.51. The highest BCUT2D eigenvalue weighted by atomic mass is 35.5. The average Bonchev–Trinajstić information content (AvgIpc) is 2.29. The molecule has 0 spiro atoms. The third kappa shape index (κ3) is 2.45. The second-order valence-electron chi connectivity index (χ2n) is 2.80. The Morgan fingerprint density at radius 2 is 1.35 bits per heavy atom. The van der Waals surface area contributed by atoms with Crippen LogP contribution in [0.15, 0.2) is 0 Å². The zero-order valence-corrected chi connectivity index (χ0v) is 11.2. The van der Waals surface area contributed by atoms with Gasteiger partial charge in [-0.1, -0.05) is 46.4 Å². The zero-order chi connectivity index (χ0) is 13.3. The maximum absolute atomic E-state index is 11.4. The maximum Gasteiger partial charge on any atom is 0.340 e. The van der Waals surface area contributed by atoms with Crippen molar-refractivity contribution in [3.05, 3.63) is 31.2 Å². The smallest absolute Gasteiger partial charge is 0.340 e. The zero-order valence-electron chi connectivity index (χ0n) is 8.18. The molecule has 0 heterocycles. The lowest BCUT2D eigenvalue weighted by molar-refractivity contribution is 0.0583. The molecule has 0 aromatic heterocycles. The topological polar surface area (TPSA) is 63.6 Å². The molecular weight excluding hydrogens is 314 g/mol. The molecule has 0 unspecified atom stereocenters. The summed E-state index contributed by atoms with van der Waals surface area (Å²) in [5.41, 5.74) is -0.973. The summed E-state index contributed by atoms with van der Waals surface area (Å²) in [5, 5.41) is 7.86. The fourth-order valence-corrected chi connectivity index (χ4v) is 2.14. The van der Waals surface area contributed by atoms with Crippen molar-refractivity contribution in [3.8, 4) is 0 Å². The number of methoxy groups -OCH3 is 1. The van der Waals surface area contributed by atoms with Crippen molar-refractivity contribution in [2.75, 3.05) is 7.11 Å². The van der Waals surface area contributed by atoms with Crippen molar-refractivity contribution in [1.82, 2.24) is 0 Å². The summed E-state index contributed by atoms with van der Waals surface area (Å²) >= 11 is 22.9. The second-order valence-corrected chi connectivity index (χ2v) is 4.31. The molecule has 0 fully saturated rings. The lowest BCUT2D eigenvalue weighted by atomic mass is 10.1. The third-order valence-corrected chi connectivity index (χ3v) is 3.67. The second kappa shape index (κ2) is 5.31. The van der Waals surface area contributed by atoms with E-state index < -0.39 is 23.1 Å². The lowest BCUT2D eigenvalue weighted by Crippen LogP contribution is -2.12. The molecular formula is C9H4Cl4O4.